The van der Waals surface area contributed by atoms with E-state index in [4.69, 9.17) is 23.8 Å². The van der Waals surface area contributed by atoms with Crippen molar-refractivity contribution >= 4 is 65.7 Å². The number of benzene rings is 7. The van der Waals surface area contributed by atoms with E-state index in [2.05, 4.69) is 125 Å². The average molecular weight is 732 g/mol. The lowest BCUT2D eigenvalue weighted by molar-refractivity contribution is 0.668. The summed E-state index contributed by atoms with van der Waals surface area (Å²) in [6, 6.07) is 56.3. The van der Waals surface area contributed by atoms with Crippen LogP contribution in [0.15, 0.2) is 185 Å². The molecule has 7 nitrogen and oxygen atoms in total. The molecule has 0 radical (unpaired) electrons. The molecule has 7 heteroatoms. The fourth-order valence-corrected chi connectivity index (χ4v) is 8.37. The van der Waals surface area contributed by atoms with Crippen LogP contribution in [0.3, 0.4) is 0 Å². The Morgan fingerprint density at radius 3 is 1.81 bits per heavy atom. The molecule has 0 bridgehead atoms. The Bertz CT molecular complexity index is 3490. The summed E-state index contributed by atoms with van der Waals surface area (Å²) >= 11 is 0. The summed E-state index contributed by atoms with van der Waals surface area (Å²) in [5, 5.41) is 6.53. The zero-order chi connectivity index (χ0) is 37.5. The van der Waals surface area contributed by atoms with E-state index < -0.39 is 0 Å². The minimum atomic E-state index is 0.547. The van der Waals surface area contributed by atoms with Crippen LogP contribution in [-0.2, 0) is 0 Å². The van der Waals surface area contributed by atoms with Crippen LogP contribution in [0.4, 0.5) is 0 Å². The van der Waals surface area contributed by atoms with Gasteiger partial charge in [-0.3, -0.25) is 4.98 Å². The van der Waals surface area contributed by atoms with Gasteiger partial charge < -0.3 is 13.4 Å². The number of hydrogen-bond acceptors (Lipinski definition) is 6. The first-order valence-corrected chi connectivity index (χ1v) is 18.9. The Labute approximate surface area is 325 Å². The number of nitrogens with zero attached hydrogens (tertiary/aromatic N) is 5. The largest absolute Gasteiger partial charge is 0.456 e. The topological polar surface area (TPSA) is 82.8 Å². The maximum Gasteiger partial charge on any atom is 0.166 e. The van der Waals surface area contributed by atoms with Crippen molar-refractivity contribution in [2.24, 2.45) is 0 Å². The Balaban J connectivity index is 1.05. The molecule has 0 saturated carbocycles. The molecule has 12 rings (SSSR count). The van der Waals surface area contributed by atoms with Gasteiger partial charge in [0.2, 0.25) is 0 Å². The summed E-state index contributed by atoms with van der Waals surface area (Å²) in [5.41, 5.74) is 11.2. The molecular weight excluding hydrogens is 703 g/mol. The Hall–Kier alpha value is -7.90. The van der Waals surface area contributed by atoms with Gasteiger partial charge in [-0.1, -0.05) is 109 Å². The number of hydrogen-bond donors (Lipinski definition) is 0. The van der Waals surface area contributed by atoms with Gasteiger partial charge in [0.15, 0.2) is 17.5 Å². The molecule has 0 saturated heterocycles. The number of rotatable bonds is 5. The highest BCUT2D eigenvalue weighted by atomic mass is 16.3. The molecule has 266 valence electrons. The molecule has 0 N–H and O–H groups in total. The molecule has 0 unspecified atom stereocenters. The molecule has 5 aromatic heterocycles. The third-order valence-corrected chi connectivity index (χ3v) is 11.0. The van der Waals surface area contributed by atoms with Crippen molar-refractivity contribution in [2.45, 2.75) is 0 Å². The highest BCUT2D eigenvalue weighted by molar-refractivity contribution is 6.13. The van der Waals surface area contributed by atoms with Crippen LogP contribution in [0.1, 0.15) is 0 Å². The Kier molecular flexibility index (Phi) is 6.79. The zero-order valence-electron chi connectivity index (χ0n) is 30.3. The summed E-state index contributed by atoms with van der Waals surface area (Å²) in [7, 11) is 0. The number of aromatic nitrogens is 5. The van der Waals surface area contributed by atoms with Crippen molar-refractivity contribution in [3.63, 3.8) is 0 Å². The molecule has 0 spiro atoms. The van der Waals surface area contributed by atoms with Crippen LogP contribution in [0, 0.1) is 0 Å². The highest BCUT2D eigenvalue weighted by Gasteiger charge is 2.20. The van der Waals surface area contributed by atoms with Crippen LogP contribution >= 0.6 is 0 Å². The van der Waals surface area contributed by atoms with Crippen LogP contribution in [0.2, 0.25) is 0 Å². The van der Waals surface area contributed by atoms with Gasteiger partial charge in [-0.25, -0.2) is 15.0 Å². The minimum Gasteiger partial charge on any atom is -0.456 e. The molecule has 5 heterocycles. The molecule has 57 heavy (non-hydrogen) atoms. The van der Waals surface area contributed by atoms with Gasteiger partial charge in [0.1, 0.15) is 22.3 Å². The van der Waals surface area contributed by atoms with Gasteiger partial charge in [0.05, 0.1) is 16.7 Å². The second-order valence-corrected chi connectivity index (χ2v) is 14.2. The molecule has 0 aliphatic carbocycles. The SMILES string of the molecule is c1ccc(-n2c3ccccc3c3ccccc32)c(-c2nc(-c3ccc(-c4cccc5oc6ccccc6c45)cc3)nc(-c3ccc4c(c3)oc3ccncc34)n2)c1. The smallest absolute Gasteiger partial charge is 0.166 e. The summed E-state index contributed by atoms with van der Waals surface area (Å²) in [4.78, 5) is 19.9. The van der Waals surface area contributed by atoms with Crippen LogP contribution < -0.4 is 0 Å². The van der Waals surface area contributed by atoms with E-state index in [1.54, 1.807) is 6.20 Å². The van der Waals surface area contributed by atoms with Gasteiger partial charge in [0, 0.05) is 61.4 Å². The first-order chi connectivity index (χ1) is 28.2. The van der Waals surface area contributed by atoms with Crippen molar-refractivity contribution < 1.29 is 8.83 Å². The Morgan fingerprint density at radius 1 is 0.386 bits per heavy atom. The maximum absolute atomic E-state index is 6.28. The normalized spacial score (nSPS) is 11.9. The molecule has 0 amide bonds. The van der Waals surface area contributed by atoms with E-state index in [1.807, 2.05) is 54.7 Å². The van der Waals surface area contributed by atoms with Gasteiger partial charge in [-0.15, -0.1) is 0 Å². The lowest BCUT2D eigenvalue weighted by Gasteiger charge is -2.14. The van der Waals surface area contributed by atoms with Crippen molar-refractivity contribution in [1.82, 2.24) is 24.5 Å². The van der Waals surface area contributed by atoms with E-state index in [0.717, 1.165) is 88.4 Å². The lowest BCUT2D eigenvalue weighted by atomic mass is 9.98. The molecule has 7 aromatic carbocycles. The monoisotopic (exact) mass is 731 g/mol. The third-order valence-electron chi connectivity index (χ3n) is 11.0. The molecule has 0 fully saturated rings. The number of furan rings is 2. The summed E-state index contributed by atoms with van der Waals surface area (Å²) in [5.74, 6) is 1.69. The fraction of sp³-hybridized carbons (Fsp3) is 0. The first kappa shape index (κ1) is 31.5. The van der Waals surface area contributed by atoms with E-state index in [9.17, 15) is 0 Å². The van der Waals surface area contributed by atoms with E-state index in [0.29, 0.717) is 17.5 Å². The number of para-hydroxylation sites is 4. The van der Waals surface area contributed by atoms with Crippen molar-refractivity contribution in [3.05, 3.63) is 176 Å². The number of pyridine rings is 1. The lowest BCUT2D eigenvalue weighted by Crippen LogP contribution is -2.03. The minimum absolute atomic E-state index is 0.547. The quantitative estimate of drug-likeness (QED) is 0.175. The molecule has 0 aliphatic rings. The van der Waals surface area contributed by atoms with Crippen molar-refractivity contribution in [3.8, 4) is 51.0 Å². The number of fused-ring (bicyclic) bond motifs is 9. The predicted molar refractivity (Wildman–Crippen MR) is 228 cm³/mol. The van der Waals surface area contributed by atoms with Crippen LogP contribution in [0.5, 0.6) is 0 Å². The van der Waals surface area contributed by atoms with Crippen molar-refractivity contribution in [2.75, 3.05) is 0 Å². The van der Waals surface area contributed by atoms with Gasteiger partial charge in [0.25, 0.3) is 0 Å². The van der Waals surface area contributed by atoms with E-state index >= 15 is 0 Å². The highest BCUT2D eigenvalue weighted by Crippen LogP contribution is 2.39. The average Bonchev–Trinajstić information content (AvgIpc) is 3.96. The Morgan fingerprint density at radius 2 is 0.982 bits per heavy atom. The van der Waals surface area contributed by atoms with E-state index in [-0.39, 0.29) is 0 Å². The third kappa shape index (κ3) is 4.92. The van der Waals surface area contributed by atoms with E-state index in [1.165, 1.54) is 10.8 Å². The molecular formula is C50H29N5O2. The molecule has 12 aromatic rings. The predicted octanol–water partition coefficient (Wildman–Crippen LogP) is 12.8. The molecule has 0 atom stereocenters. The summed E-state index contributed by atoms with van der Waals surface area (Å²) in [6.07, 6.45) is 3.58. The summed E-state index contributed by atoms with van der Waals surface area (Å²) in [6.45, 7) is 0. The van der Waals surface area contributed by atoms with Gasteiger partial charge in [-0.05, 0) is 65.7 Å². The second-order valence-electron chi connectivity index (χ2n) is 14.2. The van der Waals surface area contributed by atoms with Crippen LogP contribution in [-0.4, -0.2) is 24.5 Å². The first-order valence-electron chi connectivity index (χ1n) is 18.9. The second kappa shape index (κ2) is 12.3. The van der Waals surface area contributed by atoms with Crippen molar-refractivity contribution in [1.29, 1.82) is 0 Å². The van der Waals surface area contributed by atoms with Gasteiger partial charge in [-0.2, -0.15) is 0 Å². The fourth-order valence-electron chi connectivity index (χ4n) is 8.37. The van der Waals surface area contributed by atoms with Gasteiger partial charge >= 0.3 is 0 Å². The molecule has 0 aliphatic heterocycles. The summed E-state index contributed by atoms with van der Waals surface area (Å²) < 4.78 is 14.8. The maximum atomic E-state index is 6.28. The zero-order valence-corrected chi connectivity index (χ0v) is 30.3. The standard InChI is InChI=1S/C50H29N5O2/c1-5-15-40-34(10-1)35-11-2-6-16-41(35)55(40)42-17-7-3-12-37(42)50-53-48(52-49(54-50)32-24-25-36-39-29-51-27-26-44(39)57-46(36)28-32)31-22-20-30(21-23-31)33-14-9-19-45-47(33)38-13-4-8-18-43(38)56-45/h1-29H. The van der Waals surface area contributed by atoms with Crippen LogP contribution in [0.25, 0.3) is 117 Å².